The second kappa shape index (κ2) is 13.0. The molecule has 2 aromatic rings. The number of aliphatic imine (C=N–C) groups is 1. The maximum Gasteiger partial charge on any atom is 0.192 e. The summed E-state index contributed by atoms with van der Waals surface area (Å²) in [5, 5.41) is 16.4. The van der Waals surface area contributed by atoms with Crippen LogP contribution in [0, 0.1) is 5.82 Å². The fraction of sp³-hybridized carbons (Fsp3) is 0.480. The standard InChI is InChI=1S/C25H35FN4O.HI/c1-4-19-6-9-21(10-7-19)18(3)29-25(27-5-2)28-17-20-8-11-24(23(26)16-20)30-14-12-22(31)13-15-30;/h6-11,16,18,22,31H,4-5,12-15,17H2,1-3H3,(H2,27,28,29);1H. The number of aliphatic hydroxyl groups is 1. The summed E-state index contributed by atoms with van der Waals surface area (Å²) in [4.78, 5) is 6.66. The van der Waals surface area contributed by atoms with Crippen LogP contribution < -0.4 is 15.5 Å². The molecule has 5 nitrogen and oxygen atoms in total. The van der Waals surface area contributed by atoms with E-state index in [0.717, 1.165) is 18.5 Å². The van der Waals surface area contributed by atoms with Gasteiger partial charge in [-0.15, -0.1) is 24.0 Å². The number of aliphatic hydroxyl groups excluding tert-OH is 1. The number of nitrogens with one attached hydrogen (secondary N) is 2. The number of guanidine groups is 1. The Morgan fingerprint density at radius 1 is 1.12 bits per heavy atom. The lowest BCUT2D eigenvalue weighted by Crippen LogP contribution is -2.38. The molecule has 0 bridgehead atoms. The lowest BCUT2D eigenvalue weighted by Gasteiger charge is -2.31. The molecule has 1 atom stereocenters. The molecule has 1 saturated heterocycles. The van der Waals surface area contributed by atoms with Gasteiger partial charge in [0.05, 0.1) is 24.4 Å². The van der Waals surface area contributed by atoms with Gasteiger partial charge in [-0.25, -0.2) is 9.38 Å². The second-order valence-electron chi connectivity index (χ2n) is 8.16. The van der Waals surface area contributed by atoms with E-state index in [1.54, 1.807) is 6.07 Å². The fourth-order valence-electron chi connectivity index (χ4n) is 3.83. The molecule has 176 valence electrons. The number of hydrogen-bond donors (Lipinski definition) is 3. The fourth-order valence-corrected chi connectivity index (χ4v) is 3.83. The van der Waals surface area contributed by atoms with Gasteiger partial charge in [-0.05, 0) is 61.9 Å². The van der Waals surface area contributed by atoms with Gasteiger partial charge in [0.2, 0.25) is 0 Å². The molecule has 0 saturated carbocycles. The van der Waals surface area contributed by atoms with Crippen LogP contribution >= 0.6 is 24.0 Å². The molecule has 2 aromatic carbocycles. The summed E-state index contributed by atoms with van der Waals surface area (Å²) < 4.78 is 14.7. The van der Waals surface area contributed by atoms with Gasteiger partial charge >= 0.3 is 0 Å². The van der Waals surface area contributed by atoms with Crippen LogP contribution in [-0.2, 0) is 13.0 Å². The van der Waals surface area contributed by atoms with Crippen LogP contribution in [0.25, 0.3) is 0 Å². The van der Waals surface area contributed by atoms with Crippen molar-refractivity contribution >= 4 is 35.6 Å². The Bertz CT molecular complexity index is 867. The molecule has 0 aliphatic carbocycles. The highest BCUT2D eigenvalue weighted by Crippen LogP contribution is 2.24. The average Bonchev–Trinajstić information content (AvgIpc) is 2.78. The Kier molecular flexibility index (Phi) is 10.7. The summed E-state index contributed by atoms with van der Waals surface area (Å²) in [5.41, 5.74) is 3.96. The first-order chi connectivity index (χ1) is 15.0. The van der Waals surface area contributed by atoms with Gasteiger partial charge in [0.15, 0.2) is 5.96 Å². The molecule has 1 heterocycles. The maximum absolute atomic E-state index is 14.7. The van der Waals surface area contributed by atoms with Crippen molar-refractivity contribution in [3.63, 3.8) is 0 Å². The molecular formula is C25H36FIN4O. The van der Waals surface area contributed by atoms with E-state index >= 15 is 0 Å². The van der Waals surface area contributed by atoms with E-state index in [-0.39, 0.29) is 41.9 Å². The van der Waals surface area contributed by atoms with E-state index in [2.05, 4.69) is 53.7 Å². The van der Waals surface area contributed by atoms with E-state index in [0.29, 0.717) is 44.1 Å². The van der Waals surface area contributed by atoms with Gasteiger partial charge in [0, 0.05) is 19.6 Å². The predicted octanol–water partition coefficient (Wildman–Crippen LogP) is 4.78. The molecule has 1 aliphatic heterocycles. The van der Waals surface area contributed by atoms with Gasteiger partial charge in [-0.3, -0.25) is 0 Å². The molecule has 0 spiro atoms. The highest BCUT2D eigenvalue weighted by Gasteiger charge is 2.19. The Labute approximate surface area is 208 Å². The van der Waals surface area contributed by atoms with Crippen LogP contribution in [0.4, 0.5) is 10.1 Å². The summed E-state index contributed by atoms with van der Waals surface area (Å²) in [6, 6.07) is 14.1. The Hall–Kier alpha value is -1.87. The van der Waals surface area contributed by atoms with E-state index in [1.165, 1.54) is 11.1 Å². The minimum Gasteiger partial charge on any atom is -0.393 e. The number of aryl methyl sites for hydroxylation is 1. The Morgan fingerprint density at radius 2 is 1.78 bits per heavy atom. The summed E-state index contributed by atoms with van der Waals surface area (Å²) in [5.74, 6) is 0.482. The molecule has 32 heavy (non-hydrogen) atoms. The number of nitrogens with zero attached hydrogens (tertiary/aromatic N) is 2. The van der Waals surface area contributed by atoms with E-state index in [4.69, 9.17) is 0 Å². The van der Waals surface area contributed by atoms with Gasteiger partial charge in [0.1, 0.15) is 5.82 Å². The zero-order valence-electron chi connectivity index (χ0n) is 19.3. The van der Waals surface area contributed by atoms with Crippen molar-refractivity contribution in [3.8, 4) is 0 Å². The van der Waals surface area contributed by atoms with Crippen molar-refractivity contribution in [2.24, 2.45) is 4.99 Å². The van der Waals surface area contributed by atoms with Crippen molar-refractivity contribution in [2.45, 2.75) is 58.7 Å². The van der Waals surface area contributed by atoms with Gasteiger partial charge in [-0.2, -0.15) is 0 Å². The molecule has 0 aromatic heterocycles. The smallest absolute Gasteiger partial charge is 0.192 e. The normalized spacial score (nSPS) is 15.8. The number of hydrogen-bond acceptors (Lipinski definition) is 3. The Balaban J connectivity index is 0.00000363. The van der Waals surface area contributed by atoms with Crippen LogP contribution in [-0.4, -0.2) is 36.8 Å². The van der Waals surface area contributed by atoms with E-state index in [1.807, 2.05) is 24.0 Å². The van der Waals surface area contributed by atoms with E-state index < -0.39 is 0 Å². The summed E-state index contributed by atoms with van der Waals surface area (Å²) in [6.45, 7) is 8.80. The molecular weight excluding hydrogens is 518 g/mol. The number of piperidine rings is 1. The summed E-state index contributed by atoms with van der Waals surface area (Å²) in [7, 11) is 0. The number of rotatable bonds is 7. The molecule has 7 heteroatoms. The number of halogens is 2. The largest absolute Gasteiger partial charge is 0.393 e. The minimum absolute atomic E-state index is 0. The average molecular weight is 554 g/mol. The van der Waals surface area contributed by atoms with Crippen LogP contribution in [0.1, 0.15) is 56.3 Å². The van der Waals surface area contributed by atoms with Crippen LogP contribution in [0.15, 0.2) is 47.5 Å². The molecule has 1 aliphatic rings. The van der Waals surface area contributed by atoms with Crippen LogP contribution in [0.3, 0.4) is 0 Å². The Morgan fingerprint density at radius 3 is 2.38 bits per heavy atom. The number of benzene rings is 2. The lowest BCUT2D eigenvalue weighted by molar-refractivity contribution is 0.145. The van der Waals surface area contributed by atoms with Crippen LogP contribution in [0.2, 0.25) is 0 Å². The van der Waals surface area contributed by atoms with Crippen molar-refractivity contribution < 1.29 is 9.50 Å². The van der Waals surface area contributed by atoms with Crippen molar-refractivity contribution in [2.75, 3.05) is 24.5 Å². The number of anilines is 1. The highest BCUT2D eigenvalue weighted by atomic mass is 127. The molecule has 1 unspecified atom stereocenters. The van der Waals surface area contributed by atoms with Gasteiger partial charge in [0.25, 0.3) is 0 Å². The monoisotopic (exact) mass is 554 g/mol. The van der Waals surface area contributed by atoms with Crippen LogP contribution in [0.5, 0.6) is 0 Å². The van der Waals surface area contributed by atoms with Crippen molar-refractivity contribution in [1.29, 1.82) is 0 Å². The van der Waals surface area contributed by atoms with E-state index in [9.17, 15) is 9.50 Å². The molecule has 1 fully saturated rings. The summed E-state index contributed by atoms with van der Waals surface area (Å²) >= 11 is 0. The first-order valence-corrected chi connectivity index (χ1v) is 11.3. The highest BCUT2D eigenvalue weighted by molar-refractivity contribution is 14.0. The van der Waals surface area contributed by atoms with Gasteiger partial charge < -0.3 is 20.6 Å². The molecule has 0 radical (unpaired) electrons. The van der Waals surface area contributed by atoms with Gasteiger partial charge in [-0.1, -0.05) is 37.3 Å². The zero-order chi connectivity index (χ0) is 22.2. The third-order valence-corrected chi connectivity index (χ3v) is 5.82. The van der Waals surface area contributed by atoms with Crippen molar-refractivity contribution in [1.82, 2.24) is 10.6 Å². The van der Waals surface area contributed by atoms with Crippen molar-refractivity contribution in [3.05, 3.63) is 65.0 Å². The first-order valence-electron chi connectivity index (χ1n) is 11.3. The second-order valence-corrected chi connectivity index (χ2v) is 8.16. The SMILES string of the molecule is CCNC(=NCc1ccc(N2CCC(O)CC2)c(F)c1)NC(C)c1ccc(CC)cc1.I. The quantitative estimate of drug-likeness (QED) is 0.262. The lowest BCUT2D eigenvalue weighted by atomic mass is 10.1. The minimum atomic E-state index is -0.267. The predicted molar refractivity (Wildman–Crippen MR) is 141 cm³/mol. The first kappa shape index (κ1) is 26.4. The topological polar surface area (TPSA) is 59.9 Å². The third-order valence-electron chi connectivity index (χ3n) is 5.82. The molecule has 0 amide bonds. The third kappa shape index (κ3) is 7.33. The zero-order valence-corrected chi connectivity index (χ0v) is 21.6. The molecule has 3 N–H and O–H groups in total. The maximum atomic E-state index is 14.7. The molecule has 3 rings (SSSR count). The summed E-state index contributed by atoms with van der Waals surface area (Å²) in [6.07, 6.45) is 2.13.